The van der Waals surface area contributed by atoms with Crippen molar-refractivity contribution in [1.29, 1.82) is 0 Å². The third-order valence-corrected chi connectivity index (χ3v) is 7.17. The maximum absolute atomic E-state index is 12.6. The van der Waals surface area contributed by atoms with Gasteiger partial charge in [-0.25, -0.2) is 9.78 Å². The van der Waals surface area contributed by atoms with Crippen molar-refractivity contribution >= 4 is 33.5 Å². The highest BCUT2D eigenvalue weighted by atomic mass is 32.1. The lowest BCUT2D eigenvalue weighted by Gasteiger charge is -2.34. The molecule has 0 saturated carbocycles. The van der Waals surface area contributed by atoms with Crippen LogP contribution in [0, 0.1) is 5.92 Å². The number of thiazole rings is 1. The van der Waals surface area contributed by atoms with Crippen LogP contribution in [0.1, 0.15) is 31.4 Å². The fourth-order valence-corrected chi connectivity index (χ4v) is 5.25. The molecule has 162 valence electrons. The lowest BCUT2D eigenvalue weighted by molar-refractivity contribution is -0.126. The van der Waals surface area contributed by atoms with Crippen LogP contribution >= 0.6 is 11.3 Å². The predicted octanol–water partition coefficient (Wildman–Crippen LogP) is 4.10. The molecule has 5 rings (SSSR count). The number of hydrogen-bond acceptors (Lipinski definition) is 5. The molecule has 0 atom stereocenters. The summed E-state index contributed by atoms with van der Waals surface area (Å²) in [6, 6.07) is 11.9. The van der Waals surface area contributed by atoms with E-state index < -0.39 is 0 Å². The Balaban J connectivity index is 1.12. The molecule has 4 heterocycles. The largest absolute Gasteiger partial charge is 0.457 e. The van der Waals surface area contributed by atoms with Gasteiger partial charge in [-0.05, 0) is 49.9 Å². The molecule has 2 aromatic heterocycles. The molecule has 0 aliphatic carbocycles. The number of piperidine rings is 1. The number of likely N-dealkylation sites (tertiary alicyclic amines) is 2. The zero-order valence-electron chi connectivity index (χ0n) is 17.4. The average Bonchev–Trinajstić information content (AvgIpc) is 3.57. The van der Waals surface area contributed by atoms with Gasteiger partial charge in [0.25, 0.3) is 0 Å². The molecule has 2 saturated heterocycles. The summed E-state index contributed by atoms with van der Waals surface area (Å²) < 4.78 is 7.04. The number of amides is 3. The minimum Gasteiger partial charge on any atom is -0.457 e. The van der Waals surface area contributed by atoms with Crippen LogP contribution in [0.15, 0.2) is 40.8 Å². The normalized spacial score (nSPS) is 17.4. The molecule has 0 spiro atoms. The maximum atomic E-state index is 12.6. The fourth-order valence-electron chi connectivity index (χ4n) is 4.33. The molecule has 2 aliphatic rings. The Hall–Kier alpha value is -2.87. The highest BCUT2D eigenvalue weighted by Crippen LogP contribution is 2.31. The van der Waals surface area contributed by atoms with Crippen LogP contribution in [0.25, 0.3) is 21.0 Å². The number of furan rings is 1. The van der Waals surface area contributed by atoms with E-state index >= 15 is 0 Å². The molecule has 7 nitrogen and oxygen atoms in total. The van der Waals surface area contributed by atoms with Crippen LogP contribution in [-0.4, -0.2) is 52.9 Å². The third-order valence-electron chi connectivity index (χ3n) is 6.12. The van der Waals surface area contributed by atoms with Gasteiger partial charge in [-0.2, -0.15) is 0 Å². The molecule has 0 radical (unpaired) electrons. The summed E-state index contributed by atoms with van der Waals surface area (Å²) in [6.07, 6.45) is 3.61. The molecule has 1 aromatic carbocycles. The summed E-state index contributed by atoms with van der Waals surface area (Å²) in [4.78, 5) is 33.6. The van der Waals surface area contributed by atoms with Crippen molar-refractivity contribution in [3.63, 3.8) is 0 Å². The minimum atomic E-state index is -0.0543. The Morgan fingerprint density at radius 3 is 2.55 bits per heavy atom. The number of benzene rings is 1. The highest BCUT2D eigenvalue weighted by Gasteiger charge is 2.30. The number of para-hydroxylation sites is 1. The van der Waals surface area contributed by atoms with Gasteiger partial charge in [0.2, 0.25) is 5.91 Å². The molecule has 31 heavy (non-hydrogen) atoms. The number of carbonyl (C=O) groups excluding carboxylic acids is 2. The number of fused-ring (bicyclic) bond motifs is 1. The van der Waals surface area contributed by atoms with E-state index in [1.54, 1.807) is 11.3 Å². The van der Waals surface area contributed by atoms with Crippen molar-refractivity contribution in [2.24, 2.45) is 5.92 Å². The lowest BCUT2D eigenvalue weighted by Crippen LogP contribution is -2.47. The van der Waals surface area contributed by atoms with Crippen molar-refractivity contribution < 1.29 is 14.0 Å². The lowest BCUT2D eigenvalue weighted by atomic mass is 9.96. The number of nitrogens with one attached hydrogen (secondary N) is 1. The van der Waals surface area contributed by atoms with Crippen LogP contribution < -0.4 is 5.32 Å². The monoisotopic (exact) mass is 438 g/mol. The molecule has 2 fully saturated rings. The van der Waals surface area contributed by atoms with E-state index in [0.717, 1.165) is 46.9 Å². The summed E-state index contributed by atoms with van der Waals surface area (Å²) in [5.41, 5.74) is 0.961. The maximum Gasteiger partial charge on any atom is 0.319 e. The van der Waals surface area contributed by atoms with Crippen molar-refractivity contribution in [1.82, 2.24) is 20.1 Å². The van der Waals surface area contributed by atoms with Gasteiger partial charge in [-0.1, -0.05) is 12.1 Å². The van der Waals surface area contributed by atoms with Crippen molar-refractivity contribution in [3.05, 3.63) is 42.2 Å². The van der Waals surface area contributed by atoms with Crippen LogP contribution in [-0.2, 0) is 11.3 Å². The zero-order valence-corrected chi connectivity index (χ0v) is 18.2. The first-order valence-corrected chi connectivity index (χ1v) is 11.8. The molecule has 3 amide bonds. The summed E-state index contributed by atoms with van der Waals surface area (Å²) >= 11 is 1.59. The standard InChI is InChI=1S/C23H26N4O3S/c28-21(16-9-13-27(14-10-16)23(29)26-11-3-4-12-26)24-15-17-7-8-19(30-17)22-25-18-5-1-2-6-20(18)31-22/h1-2,5-8,16H,3-4,9-15H2,(H,24,28). The Morgan fingerprint density at radius 1 is 1.03 bits per heavy atom. The first kappa shape index (κ1) is 20.1. The van der Waals surface area contributed by atoms with E-state index in [-0.39, 0.29) is 17.9 Å². The Labute approximate surface area is 185 Å². The summed E-state index contributed by atoms with van der Waals surface area (Å²) in [6.45, 7) is 3.38. The Bertz CT molecular complexity index is 1040. The Morgan fingerprint density at radius 2 is 1.77 bits per heavy atom. The second-order valence-corrected chi connectivity index (χ2v) is 9.24. The van der Waals surface area contributed by atoms with Crippen LogP contribution in [0.4, 0.5) is 4.79 Å². The molecule has 0 bridgehead atoms. The van der Waals surface area contributed by atoms with Crippen LogP contribution in [0.3, 0.4) is 0 Å². The summed E-state index contributed by atoms with van der Waals surface area (Å²) in [7, 11) is 0. The second-order valence-electron chi connectivity index (χ2n) is 8.21. The zero-order chi connectivity index (χ0) is 21.2. The number of aromatic nitrogens is 1. The average molecular weight is 439 g/mol. The van der Waals surface area contributed by atoms with Crippen molar-refractivity contribution in [2.75, 3.05) is 26.2 Å². The molecule has 8 heteroatoms. The SMILES string of the molecule is O=C(NCc1ccc(-c2nc3ccccc3s2)o1)C1CCN(C(=O)N2CCCC2)CC1. The predicted molar refractivity (Wildman–Crippen MR) is 120 cm³/mol. The first-order valence-electron chi connectivity index (χ1n) is 10.9. The fraction of sp³-hybridized carbons (Fsp3) is 0.435. The van der Waals surface area contributed by atoms with Gasteiger partial charge in [0.05, 0.1) is 16.8 Å². The highest BCUT2D eigenvalue weighted by molar-refractivity contribution is 7.21. The van der Waals surface area contributed by atoms with Crippen LogP contribution in [0.2, 0.25) is 0 Å². The van der Waals surface area contributed by atoms with Crippen molar-refractivity contribution in [3.8, 4) is 10.8 Å². The van der Waals surface area contributed by atoms with Gasteiger partial charge in [0.1, 0.15) is 5.76 Å². The van der Waals surface area contributed by atoms with Crippen molar-refractivity contribution in [2.45, 2.75) is 32.2 Å². The molecular formula is C23H26N4O3S. The van der Waals surface area contributed by atoms with Gasteiger partial charge in [-0.3, -0.25) is 4.79 Å². The van der Waals surface area contributed by atoms with Gasteiger partial charge >= 0.3 is 6.03 Å². The Kier molecular flexibility index (Phi) is 5.63. The van der Waals surface area contributed by atoms with E-state index in [9.17, 15) is 9.59 Å². The van der Waals surface area contributed by atoms with Gasteiger partial charge in [-0.15, -0.1) is 11.3 Å². The molecule has 2 aliphatic heterocycles. The second kappa shape index (κ2) is 8.70. The van der Waals surface area contributed by atoms with Gasteiger partial charge in [0, 0.05) is 32.1 Å². The van der Waals surface area contributed by atoms with Gasteiger partial charge in [0.15, 0.2) is 10.8 Å². The summed E-state index contributed by atoms with van der Waals surface area (Å²) in [5, 5.41) is 3.84. The number of rotatable bonds is 4. The number of nitrogens with zero attached hydrogens (tertiary/aromatic N) is 3. The van der Waals surface area contributed by atoms with E-state index in [1.165, 1.54) is 0 Å². The third kappa shape index (κ3) is 4.30. The quantitative estimate of drug-likeness (QED) is 0.665. The van der Waals surface area contributed by atoms with Gasteiger partial charge < -0.3 is 19.5 Å². The summed E-state index contributed by atoms with van der Waals surface area (Å²) in [5.74, 6) is 1.41. The minimum absolute atomic E-state index is 0.0335. The molecule has 3 aromatic rings. The van der Waals surface area contributed by atoms with E-state index in [1.807, 2.05) is 46.2 Å². The molecule has 1 N–H and O–H groups in total. The van der Waals surface area contributed by atoms with E-state index in [0.29, 0.717) is 38.2 Å². The molecule has 0 unspecified atom stereocenters. The van der Waals surface area contributed by atoms with E-state index in [4.69, 9.17) is 4.42 Å². The van der Waals surface area contributed by atoms with E-state index in [2.05, 4.69) is 10.3 Å². The number of carbonyl (C=O) groups is 2. The molecular weight excluding hydrogens is 412 g/mol. The smallest absolute Gasteiger partial charge is 0.319 e. The topological polar surface area (TPSA) is 78.7 Å². The van der Waals surface area contributed by atoms with Crippen LogP contribution in [0.5, 0.6) is 0 Å². The first-order chi connectivity index (χ1) is 15.2. The number of hydrogen-bond donors (Lipinski definition) is 1. The number of urea groups is 1.